The van der Waals surface area contributed by atoms with Gasteiger partial charge in [0.25, 0.3) is 0 Å². The van der Waals surface area contributed by atoms with Crippen LogP contribution >= 0.6 is 11.3 Å². The Morgan fingerprint density at radius 1 is 0.339 bits per heavy atom. The molecular weight excluding hydrogens is 703 g/mol. The van der Waals surface area contributed by atoms with Crippen molar-refractivity contribution >= 4 is 53.4 Å². The first-order valence-electron chi connectivity index (χ1n) is 18.7. The van der Waals surface area contributed by atoms with Gasteiger partial charge in [0.2, 0.25) is 0 Å². The second kappa shape index (κ2) is 13.3. The molecule has 4 nitrogen and oxygen atoms in total. The molecule has 0 atom stereocenters. The summed E-state index contributed by atoms with van der Waals surface area (Å²) in [7, 11) is 0. The summed E-state index contributed by atoms with van der Waals surface area (Å²) in [6, 6.07) is 65.7. The number of hydrogen-bond donors (Lipinski definition) is 0. The Morgan fingerprint density at radius 2 is 0.875 bits per heavy atom. The quantitative estimate of drug-likeness (QED) is 0.171. The highest BCUT2D eigenvalue weighted by Gasteiger charge is 2.19. The van der Waals surface area contributed by atoms with Crippen LogP contribution in [-0.4, -0.2) is 15.0 Å². The van der Waals surface area contributed by atoms with Crippen molar-refractivity contribution in [2.75, 3.05) is 0 Å². The number of aromatic nitrogens is 3. The highest BCUT2D eigenvalue weighted by molar-refractivity contribution is 7.26. The number of nitrogens with zero attached hydrogens (tertiary/aromatic N) is 3. The fourth-order valence-corrected chi connectivity index (χ4v) is 9.07. The Labute approximate surface area is 327 Å². The summed E-state index contributed by atoms with van der Waals surface area (Å²) in [5, 5.41) is 4.72. The van der Waals surface area contributed by atoms with Crippen molar-refractivity contribution in [3.8, 4) is 67.5 Å². The van der Waals surface area contributed by atoms with Gasteiger partial charge in [-0.15, -0.1) is 11.3 Å². The molecule has 0 fully saturated rings. The number of hydrogen-bond acceptors (Lipinski definition) is 5. The monoisotopic (exact) mass is 733 g/mol. The lowest BCUT2D eigenvalue weighted by Crippen LogP contribution is -2.00. The van der Waals surface area contributed by atoms with E-state index >= 15 is 0 Å². The van der Waals surface area contributed by atoms with Crippen molar-refractivity contribution in [2.45, 2.75) is 0 Å². The molecule has 0 saturated carbocycles. The minimum absolute atomic E-state index is 0.579. The van der Waals surface area contributed by atoms with E-state index in [1.165, 1.54) is 31.3 Å². The minimum atomic E-state index is 0.579. The summed E-state index contributed by atoms with van der Waals surface area (Å²) < 4.78 is 9.19. The van der Waals surface area contributed by atoms with Crippen LogP contribution in [0.4, 0.5) is 0 Å². The summed E-state index contributed by atoms with van der Waals surface area (Å²) in [4.78, 5) is 15.3. The van der Waals surface area contributed by atoms with Crippen molar-refractivity contribution < 1.29 is 4.42 Å². The minimum Gasteiger partial charge on any atom is -0.456 e. The Hall–Kier alpha value is -7.21. The molecule has 0 amide bonds. The van der Waals surface area contributed by atoms with Crippen molar-refractivity contribution in [2.24, 2.45) is 0 Å². The zero-order chi connectivity index (χ0) is 37.0. The normalized spacial score (nSPS) is 11.6. The van der Waals surface area contributed by atoms with Crippen LogP contribution in [0.3, 0.4) is 0 Å². The van der Waals surface area contributed by atoms with Gasteiger partial charge in [-0.05, 0) is 63.7 Å². The maximum atomic E-state index is 6.60. The summed E-state index contributed by atoms with van der Waals surface area (Å²) in [5.74, 6) is 1.80. The number of benzene rings is 8. The molecule has 56 heavy (non-hydrogen) atoms. The van der Waals surface area contributed by atoms with E-state index in [-0.39, 0.29) is 0 Å². The average Bonchev–Trinajstić information content (AvgIpc) is 3.85. The number of rotatable bonds is 6. The lowest BCUT2D eigenvalue weighted by molar-refractivity contribution is 0.669. The van der Waals surface area contributed by atoms with E-state index in [0.29, 0.717) is 17.5 Å². The Bertz CT molecular complexity index is 3240. The number of thiophene rings is 1. The second-order valence-electron chi connectivity index (χ2n) is 14.0. The van der Waals surface area contributed by atoms with Gasteiger partial charge in [-0.2, -0.15) is 0 Å². The zero-order valence-corrected chi connectivity index (χ0v) is 30.9. The van der Waals surface area contributed by atoms with Gasteiger partial charge in [0, 0.05) is 47.6 Å². The molecule has 0 aliphatic rings. The third kappa shape index (κ3) is 5.56. The van der Waals surface area contributed by atoms with Crippen LogP contribution in [0.1, 0.15) is 0 Å². The Balaban J connectivity index is 1.10. The molecule has 5 heteroatoms. The van der Waals surface area contributed by atoms with E-state index in [1.807, 2.05) is 59.9 Å². The van der Waals surface area contributed by atoms with E-state index < -0.39 is 0 Å². The molecular formula is C51H31N3OS. The third-order valence-electron chi connectivity index (χ3n) is 10.5. The molecule has 0 N–H and O–H groups in total. The molecule has 0 saturated heterocycles. The molecule has 0 aliphatic heterocycles. The van der Waals surface area contributed by atoms with E-state index in [2.05, 4.69) is 140 Å². The molecule has 11 aromatic rings. The number of para-hydroxylation sites is 1. The zero-order valence-electron chi connectivity index (χ0n) is 30.1. The van der Waals surface area contributed by atoms with E-state index in [4.69, 9.17) is 19.4 Å². The van der Waals surface area contributed by atoms with Gasteiger partial charge in [0.05, 0.1) is 0 Å². The van der Waals surface area contributed by atoms with Gasteiger partial charge in [0.1, 0.15) is 11.2 Å². The molecule has 11 rings (SSSR count). The lowest BCUT2D eigenvalue weighted by Gasteiger charge is -2.12. The molecule has 262 valence electrons. The van der Waals surface area contributed by atoms with E-state index in [0.717, 1.165) is 60.9 Å². The van der Waals surface area contributed by atoms with Crippen molar-refractivity contribution in [3.05, 3.63) is 188 Å². The van der Waals surface area contributed by atoms with Gasteiger partial charge >= 0.3 is 0 Å². The number of fused-ring (bicyclic) bond motifs is 6. The summed E-state index contributed by atoms with van der Waals surface area (Å²) in [6.07, 6.45) is 0. The SMILES string of the molecule is c1ccc(-c2ccc(-c3nc(-c4ccccc4)nc(-c4cc(-c5cccc(-c6cccc7c6sc6ccccc67)c5)c5c(c4)oc4ccccc45)n3)cc2)cc1. The van der Waals surface area contributed by atoms with Gasteiger partial charge < -0.3 is 4.42 Å². The van der Waals surface area contributed by atoms with Crippen LogP contribution < -0.4 is 0 Å². The summed E-state index contributed by atoms with van der Waals surface area (Å²) in [5.41, 5.74) is 11.2. The predicted octanol–water partition coefficient (Wildman–Crippen LogP) is 14.1. The van der Waals surface area contributed by atoms with Crippen LogP contribution in [0.25, 0.3) is 110 Å². The number of furan rings is 1. The molecule has 3 aromatic heterocycles. The summed E-state index contributed by atoms with van der Waals surface area (Å²) >= 11 is 1.85. The maximum absolute atomic E-state index is 6.60. The van der Waals surface area contributed by atoms with Gasteiger partial charge in [-0.1, -0.05) is 158 Å². The summed E-state index contributed by atoms with van der Waals surface area (Å²) in [6.45, 7) is 0. The molecule has 0 unspecified atom stereocenters. The first-order chi connectivity index (χ1) is 27.7. The smallest absolute Gasteiger partial charge is 0.164 e. The van der Waals surface area contributed by atoms with Crippen LogP contribution in [-0.2, 0) is 0 Å². The lowest BCUT2D eigenvalue weighted by atomic mass is 9.93. The van der Waals surface area contributed by atoms with Crippen molar-refractivity contribution in [1.29, 1.82) is 0 Å². The molecule has 0 bridgehead atoms. The first-order valence-corrected chi connectivity index (χ1v) is 19.5. The van der Waals surface area contributed by atoms with Crippen LogP contribution in [0.2, 0.25) is 0 Å². The second-order valence-corrected chi connectivity index (χ2v) is 15.0. The largest absolute Gasteiger partial charge is 0.456 e. The van der Waals surface area contributed by atoms with Crippen molar-refractivity contribution in [3.63, 3.8) is 0 Å². The molecule has 0 radical (unpaired) electrons. The Kier molecular flexibility index (Phi) is 7.64. The van der Waals surface area contributed by atoms with Gasteiger partial charge in [0.15, 0.2) is 17.5 Å². The highest BCUT2D eigenvalue weighted by atomic mass is 32.1. The van der Waals surface area contributed by atoms with Crippen LogP contribution in [0, 0.1) is 0 Å². The molecule has 0 spiro atoms. The highest BCUT2D eigenvalue weighted by Crippen LogP contribution is 2.43. The maximum Gasteiger partial charge on any atom is 0.164 e. The van der Waals surface area contributed by atoms with Crippen LogP contribution in [0.15, 0.2) is 192 Å². The molecule has 8 aromatic carbocycles. The fraction of sp³-hybridized carbons (Fsp3) is 0. The third-order valence-corrected chi connectivity index (χ3v) is 11.8. The molecule has 3 heterocycles. The van der Waals surface area contributed by atoms with Gasteiger partial charge in [-0.25, -0.2) is 15.0 Å². The standard InChI is InChI=1S/C51H31N3OS/c1-3-13-32(14-4-1)33-25-27-35(28-26-33)50-52-49(34-15-5-2-6-16-34)53-51(54-50)38-30-43(47-42-20-7-9-23-44(42)55-45(47)31-38)37-18-11-17-36(29-37)39-21-12-22-41-40-19-8-10-24-46(40)56-48(39)41/h1-31H. The first kappa shape index (κ1) is 32.2. The van der Waals surface area contributed by atoms with E-state index in [1.54, 1.807) is 0 Å². The predicted molar refractivity (Wildman–Crippen MR) is 233 cm³/mol. The average molecular weight is 734 g/mol. The van der Waals surface area contributed by atoms with E-state index in [9.17, 15) is 0 Å². The van der Waals surface area contributed by atoms with Gasteiger partial charge in [-0.3, -0.25) is 0 Å². The van der Waals surface area contributed by atoms with Crippen LogP contribution in [0.5, 0.6) is 0 Å². The fourth-order valence-electron chi connectivity index (χ4n) is 7.83. The molecule has 0 aliphatic carbocycles. The van der Waals surface area contributed by atoms with Crippen molar-refractivity contribution in [1.82, 2.24) is 15.0 Å². The topological polar surface area (TPSA) is 51.8 Å². The Morgan fingerprint density at radius 3 is 1.64 bits per heavy atom.